The third-order valence-corrected chi connectivity index (χ3v) is 17.8. The molecule has 10 heteroatoms. The number of carbonyl (C=O) groups is 2. The Kier molecular flexibility index (Phi) is 65.8. The molecule has 0 saturated carbocycles. The minimum Gasteiger partial charge on any atom is -0.756 e. The van der Waals surface area contributed by atoms with Crippen LogP contribution < -0.4 is 4.89 Å². The summed E-state index contributed by atoms with van der Waals surface area (Å²) in [6, 6.07) is 0. The van der Waals surface area contributed by atoms with Gasteiger partial charge in [0.25, 0.3) is 7.82 Å². The van der Waals surface area contributed by atoms with Crippen LogP contribution in [0.15, 0.2) is 48.6 Å². The number of likely N-dealkylation sites (N-methyl/N-ethyl adjacent to an activating group) is 1. The number of esters is 2. The van der Waals surface area contributed by atoms with Gasteiger partial charge in [-0.2, -0.15) is 0 Å². The molecule has 0 aromatic carbocycles. The molecule has 0 spiro atoms. The zero-order chi connectivity index (χ0) is 62.6. The molecule has 0 radical (unpaired) electrons. The fourth-order valence-electron chi connectivity index (χ4n) is 11.1. The van der Waals surface area contributed by atoms with Crippen LogP contribution in [0, 0.1) is 0 Å². The van der Waals surface area contributed by atoms with Gasteiger partial charge >= 0.3 is 11.9 Å². The highest BCUT2D eigenvalue weighted by atomic mass is 31.2. The molecule has 9 nitrogen and oxygen atoms in total. The van der Waals surface area contributed by atoms with Crippen molar-refractivity contribution < 1.29 is 42.1 Å². The van der Waals surface area contributed by atoms with Crippen molar-refractivity contribution in [3.05, 3.63) is 48.6 Å². The molecule has 0 rings (SSSR count). The maximum atomic E-state index is 12.9. The summed E-state index contributed by atoms with van der Waals surface area (Å²) >= 11 is 0. The number of rotatable bonds is 70. The molecule has 0 aromatic rings. The van der Waals surface area contributed by atoms with Gasteiger partial charge in [0.15, 0.2) is 6.10 Å². The van der Waals surface area contributed by atoms with Gasteiger partial charge in [0.1, 0.15) is 19.8 Å². The fraction of sp³-hybridized carbons (Fsp3) is 0.868. The lowest BCUT2D eigenvalue weighted by atomic mass is 10.0. The van der Waals surface area contributed by atoms with E-state index in [0.717, 1.165) is 44.9 Å². The molecule has 2 atom stereocenters. The Morgan fingerprint density at radius 2 is 0.628 bits per heavy atom. The second-order valence-electron chi connectivity index (χ2n) is 26.7. The minimum atomic E-state index is -4.64. The third kappa shape index (κ3) is 71.1. The first-order chi connectivity index (χ1) is 42.0. The van der Waals surface area contributed by atoms with E-state index in [4.69, 9.17) is 18.5 Å². The van der Waals surface area contributed by atoms with Gasteiger partial charge in [-0.25, -0.2) is 0 Å². The summed E-state index contributed by atoms with van der Waals surface area (Å²) in [7, 11) is 1.18. The lowest BCUT2D eigenvalue weighted by molar-refractivity contribution is -0.870. The van der Waals surface area contributed by atoms with Crippen LogP contribution in [0.2, 0.25) is 0 Å². The van der Waals surface area contributed by atoms with Crippen molar-refractivity contribution in [2.45, 2.75) is 380 Å². The van der Waals surface area contributed by atoms with Crippen molar-refractivity contribution in [1.29, 1.82) is 0 Å². The van der Waals surface area contributed by atoms with E-state index in [2.05, 4.69) is 62.5 Å². The van der Waals surface area contributed by atoms with Crippen molar-refractivity contribution in [1.82, 2.24) is 0 Å². The standard InChI is InChI=1S/C76H144NO8P/c1-6-8-10-12-14-16-18-20-22-24-26-28-29-30-31-32-33-34-35-36-37-38-39-40-41-42-43-44-45-46-47-49-51-53-55-57-59-61-63-65-67-69-76(79)85-74(73-84-86(80,81)83-71-70-77(3,4)5)72-82-75(78)68-66-64-62-60-58-56-54-52-50-48-27-25-23-21-19-17-15-13-11-9-7-2/h18-21,24-27,74H,6-17,22-23,28-73H2,1-5H3/b20-18-,21-19-,26-24-,27-25-. The molecule has 0 saturated heterocycles. The van der Waals surface area contributed by atoms with E-state index in [0.29, 0.717) is 17.4 Å². The van der Waals surface area contributed by atoms with Gasteiger partial charge in [-0.3, -0.25) is 14.2 Å². The van der Waals surface area contributed by atoms with E-state index >= 15 is 0 Å². The highest BCUT2D eigenvalue weighted by molar-refractivity contribution is 7.45. The Labute approximate surface area is 534 Å². The maximum absolute atomic E-state index is 12.9. The van der Waals surface area contributed by atoms with Gasteiger partial charge in [0.2, 0.25) is 0 Å². The fourth-order valence-corrected chi connectivity index (χ4v) is 11.8. The normalized spacial score (nSPS) is 13.3. The number of nitrogens with zero attached hydrogens (tertiary/aromatic N) is 1. The van der Waals surface area contributed by atoms with Crippen LogP contribution in [0.25, 0.3) is 0 Å². The van der Waals surface area contributed by atoms with E-state index in [9.17, 15) is 19.0 Å². The minimum absolute atomic E-state index is 0.0297. The Balaban J connectivity index is 3.88. The summed E-state index contributed by atoms with van der Waals surface area (Å²) in [4.78, 5) is 38.1. The summed E-state index contributed by atoms with van der Waals surface area (Å²) in [6.45, 7) is 4.27. The SMILES string of the molecule is CCCCCCC/C=C\C/C=C\CCCCCCCCCCCCCCCCCCCCCCCCCCCCCCCC(=O)OC(COC(=O)CCCCCCCCCCC/C=C\C/C=C\CCCCCCC)COP(=O)([O-])OCC[N+](C)(C)C. The molecule has 506 valence electrons. The molecule has 86 heavy (non-hydrogen) atoms. The van der Waals surface area contributed by atoms with Gasteiger partial charge in [-0.05, 0) is 77.0 Å². The van der Waals surface area contributed by atoms with Crippen LogP contribution in [-0.2, 0) is 32.7 Å². The molecule has 0 aliphatic heterocycles. The number of hydrogen-bond acceptors (Lipinski definition) is 8. The average molecular weight is 1230 g/mol. The number of allylic oxidation sites excluding steroid dienone is 8. The number of unbranched alkanes of at least 4 members (excludes halogenated alkanes) is 48. The van der Waals surface area contributed by atoms with Crippen LogP contribution >= 0.6 is 7.82 Å². The predicted molar refractivity (Wildman–Crippen MR) is 370 cm³/mol. The highest BCUT2D eigenvalue weighted by Crippen LogP contribution is 2.38. The molecule has 2 unspecified atom stereocenters. The molecule has 0 amide bonds. The Morgan fingerprint density at radius 1 is 0.360 bits per heavy atom. The Hall–Kier alpha value is -2.03. The van der Waals surface area contributed by atoms with E-state index in [1.54, 1.807) is 0 Å². The summed E-state index contributed by atoms with van der Waals surface area (Å²) < 4.78 is 34.3. The Morgan fingerprint density at radius 3 is 0.919 bits per heavy atom. The van der Waals surface area contributed by atoms with Crippen molar-refractivity contribution >= 4 is 19.8 Å². The number of carbonyl (C=O) groups excluding carboxylic acids is 2. The molecule has 0 fully saturated rings. The highest BCUT2D eigenvalue weighted by Gasteiger charge is 2.22. The van der Waals surface area contributed by atoms with Crippen LogP contribution in [0.4, 0.5) is 0 Å². The first-order valence-corrected chi connectivity index (χ1v) is 38.8. The maximum Gasteiger partial charge on any atom is 0.306 e. The summed E-state index contributed by atoms with van der Waals surface area (Å²) in [5, 5.41) is 0. The van der Waals surface area contributed by atoms with Crippen LogP contribution in [0.5, 0.6) is 0 Å². The van der Waals surface area contributed by atoms with Gasteiger partial charge in [-0.15, -0.1) is 0 Å². The number of quaternary nitrogens is 1. The van der Waals surface area contributed by atoms with Gasteiger partial charge in [-0.1, -0.05) is 332 Å². The lowest BCUT2D eigenvalue weighted by Gasteiger charge is -2.28. The average Bonchev–Trinajstić information content (AvgIpc) is 3.70. The number of phosphoric ester groups is 1. The van der Waals surface area contributed by atoms with Crippen LogP contribution in [0.1, 0.15) is 373 Å². The van der Waals surface area contributed by atoms with Crippen molar-refractivity contribution in [3.63, 3.8) is 0 Å². The zero-order valence-electron chi connectivity index (χ0n) is 57.8. The smallest absolute Gasteiger partial charge is 0.306 e. The summed E-state index contributed by atoms with van der Waals surface area (Å²) in [5.74, 6) is -0.820. The van der Waals surface area contributed by atoms with Crippen molar-refractivity contribution in [3.8, 4) is 0 Å². The second kappa shape index (κ2) is 67.4. The molecule has 0 aromatic heterocycles. The van der Waals surface area contributed by atoms with Crippen LogP contribution in [-0.4, -0.2) is 70.0 Å². The molecule has 0 N–H and O–H groups in total. The zero-order valence-corrected chi connectivity index (χ0v) is 58.7. The van der Waals surface area contributed by atoms with Crippen LogP contribution in [0.3, 0.4) is 0 Å². The predicted octanol–water partition coefficient (Wildman–Crippen LogP) is 23.8. The molecule has 0 bridgehead atoms. The van der Waals surface area contributed by atoms with Gasteiger partial charge < -0.3 is 27.9 Å². The topological polar surface area (TPSA) is 111 Å². The number of hydrogen-bond donors (Lipinski definition) is 0. The van der Waals surface area contributed by atoms with E-state index in [-0.39, 0.29) is 32.0 Å². The summed E-state index contributed by atoms with van der Waals surface area (Å²) in [5.41, 5.74) is 0. The molecule has 0 heterocycles. The second-order valence-corrected chi connectivity index (χ2v) is 28.1. The van der Waals surface area contributed by atoms with E-state index in [1.807, 2.05) is 21.1 Å². The molecule has 0 aliphatic rings. The largest absolute Gasteiger partial charge is 0.756 e. The molecular weight excluding hydrogens is 1090 g/mol. The lowest BCUT2D eigenvalue weighted by Crippen LogP contribution is -2.37. The van der Waals surface area contributed by atoms with Crippen molar-refractivity contribution in [2.24, 2.45) is 0 Å². The van der Waals surface area contributed by atoms with Gasteiger partial charge in [0, 0.05) is 12.8 Å². The first kappa shape index (κ1) is 84.0. The third-order valence-electron chi connectivity index (χ3n) is 16.8. The quantitative estimate of drug-likeness (QED) is 0.0195. The van der Waals surface area contributed by atoms with E-state index < -0.39 is 26.5 Å². The van der Waals surface area contributed by atoms with Crippen molar-refractivity contribution in [2.75, 3.05) is 47.5 Å². The first-order valence-electron chi connectivity index (χ1n) is 37.3. The summed E-state index contributed by atoms with van der Waals surface area (Å²) in [6.07, 6.45) is 88.0. The number of phosphoric acid groups is 1. The Bertz CT molecular complexity index is 1590. The van der Waals surface area contributed by atoms with Gasteiger partial charge in [0.05, 0.1) is 27.7 Å². The monoisotopic (exact) mass is 1230 g/mol. The van der Waals surface area contributed by atoms with E-state index in [1.165, 1.54) is 295 Å². The number of ether oxygens (including phenoxy) is 2. The molecular formula is C76H144NO8P. The molecule has 0 aliphatic carbocycles.